The highest BCUT2D eigenvalue weighted by molar-refractivity contribution is 5.87. The van der Waals surface area contributed by atoms with E-state index in [-0.39, 0.29) is 51.8 Å². The van der Waals surface area contributed by atoms with Crippen molar-refractivity contribution in [2.24, 2.45) is 62.6 Å². The molecular formula is C39H54O6. The van der Waals surface area contributed by atoms with Gasteiger partial charge in [0.1, 0.15) is 5.75 Å². The van der Waals surface area contributed by atoms with Crippen LogP contribution >= 0.6 is 0 Å². The summed E-state index contributed by atoms with van der Waals surface area (Å²) in [6.07, 6.45) is 9.94. The van der Waals surface area contributed by atoms with Gasteiger partial charge in [0.25, 0.3) is 0 Å². The molecule has 3 N–H and O–H groups in total. The third kappa shape index (κ3) is 4.43. The number of aliphatic carboxylic acids is 1. The van der Waals surface area contributed by atoms with E-state index in [1.54, 1.807) is 30.3 Å². The van der Waals surface area contributed by atoms with Gasteiger partial charge in [-0.15, -0.1) is 0 Å². The summed E-state index contributed by atoms with van der Waals surface area (Å²) in [5.41, 5.74) is 0.713. The van der Waals surface area contributed by atoms with Gasteiger partial charge in [0.2, 0.25) is 0 Å². The number of carboxylic acids is 1. The Morgan fingerprint density at radius 3 is 2.27 bits per heavy atom. The van der Waals surface area contributed by atoms with Crippen LogP contribution in [-0.2, 0) is 14.3 Å². The predicted molar refractivity (Wildman–Crippen MR) is 175 cm³/mol. The van der Waals surface area contributed by atoms with Crippen LogP contribution in [0.4, 0.5) is 0 Å². The highest BCUT2D eigenvalue weighted by Gasteiger charge is 2.75. The molecule has 0 heterocycles. The minimum atomic E-state index is -0.645. The van der Waals surface area contributed by atoms with Gasteiger partial charge in [-0.25, -0.2) is 4.79 Å². The molecule has 0 amide bonds. The largest absolute Gasteiger partial charge is 0.508 e. The van der Waals surface area contributed by atoms with Crippen LogP contribution in [0.2, 0.25) is 0 Å². The Balaban J connectivity index is 1.30. The van der Waals surface area contributed by atoms with Gasteiger partial charge < -0.3 is 20.1 Å². The first-order valence-electron chi connectivity index (χ1n) is 17.2. The zero-order chi connectivity index (χ0) is 32.7. The minimum Gasteiger partial charge on any atom is -0.508 e. The van der Waals surface area contributed by atoms with Gasteiger partial charge >= 0.3 is 11.9 Å². The molecule has 0 bridgehead atoms. The molecule has 6 nitrogen and oxygen atoms in total. The van der Waals surface area contributed by atoms with E-state index in [1.807, 2.05) is 0 Å². The fourth-order valence-electron chi connectivity index (χ4n) is 12.8. The minimum absolute atomic E-state index is 0.0165. The summed E-state index contributed by atoms with van der Waals surface area (Å²) in [5, 5.41) is 32.1. The maximum atomic E-state index is 13.0. The molecule has 1 aromatic carbocycles. The Labute approximate surface area is 269 Å². The number of aromatic hydroxyl groups is 1. The van der Waals surface area contributed by atoms with Gasteiger partial charge in [-0.2, -0.15) is 0 Å². The first-order valence-corrected chi connectivity index (χ1v) is 17.2. The van der Waals surface area contributed by atoms with E-state index in [0.29, 0.717) is 17.8 Å². The fraction of sp³-hybridized carbons (Fsp3) is 0.692. The lowest BCUT2D eigenvalue weighted by Gasteiger charge is -2.70. The number of esters is 1. The van der Waals surface area contributed by atoms with Crippen molar-refractivity contribution in [2.75, 3.05) is 6.61 Å². The van der Waals surface area contributed by atoms with Gasteiger partial charge in [-0.3, -0.25) is 4.79 Å². The monoisotopic (exact) mass is 618 g/mol. The number of allylic oxidation sites excluding steroid dienone is 1. The lowest BCUT2D eigenvalue weighted by Crippen LogP contribution is -2.65. The summed E-state index contributed by atoms with van der Waals surface area (Å²) in [5.74, 6) is 0.279. The molecule has 246 valence electrons. The molecule has 0 aromatic heterocycles. The highest BCUT2D eigenvalue weighted by Crippen LogP contribution is 2.79. The zero-order valence-corrected chi connectivity index (χ0v) is 28.1. The number of fused-ring (bicyclic) bond motifs is 7. The molecule has 1 unspecified atom stereocenters. The number of benzene rings is 1. The summed E-state index contributed by atoms with van der Waals surface area (Å²) in [7, 11) is 0. The third-order valence-corrected chi connectivity index (χ3v) is 15.2. The number of carbonyl (C=O) groups is 2. The Morgan fingerprint density at radius 1 is 0.933 bits per heavy atom. The lowest BCUT2D eigenvalue weighted by molar-refractivity contribution is -0.229. The SMILES string of the molecule is C=C(C)[C@@H]1CC[C@]2(C(=O)O)CC[C@]3(C)[C@H](CC[C@@H]4[C@@]5(C)C(COC(=O)/C=C/c6ccc(O)cc6)[C@@H](O)C(C)(C)[C@@H]5CC[C@]43C)[C@@H]12. The number of ether oxygens (including phenoxy) is 1. The van der Waals surface area contributed by atoms with Gasteiger partial charge in [0.05, 0.1) is 18.1 Å². The molecule has 6 heteroatoms. The Bertz CT molecular complexity index is 1390. The number of phenolic OH excluding ortho intramolecular Hbond substituents is 1. The van der Waals surface area contributed by atoms with E-state index < -0.39 is 23.5 Å². The van der Waals surface area contributed by atoms with Gasteiger partial charge in [0, 0.05) is 12.0 Å². The summed E-state index contributed by atoms with van der Waals surface area (Å²) >= 11 is 0. The number of carboxylic acid groups (broad SMARTS) is 1. The summed E-state index contributed by atoms with van der Waals surface area (Å²) < 4.78 is 5.92. The van der Waals surface area contributed by atoms with Crippen LogP contribution in [-0.4, -0.2) is 40.0 Å². The van der Waals surface area contributed by atoms with Gasteiger partial charge in [-0.05, 0) is 133 Å². The molecule has 11 atom stereocenters. The van der Waals surface area contributed by atoms with Crippen molar-refractivity contribution in [1.82, 2.24) is 0 Å². The zero-order valence-electron chi connectivity index (χ0n) is 28.1. The fourth-order valence-corrected chi connectivity index (χ4v) is 12.8. The number of hydrogen-bond acceptors (Lipinski definition) is 5. The molecule has 6 rings (SSSR count). The molecule has 5 fully saturated rings. The molecule has 0 radical (unpaired) electrons. The number of carbonyl (C=O) groups excluding carboxylic acids is 1. The number of aliphatic hydroxyl groups excluding tert-OH is 1. The molecular weight excluding hydrogens is 564 g/mol. The topological polar surface area (TPSA) is 104 Å². The van der Waals surface area contributed by atoms with Crippen LogP contribution in [0, 0.1) is 62.6 Å². The van der Waals surface area contributed by atoms with Crippen LogP contribution in [0.25, 0.3) is 6.08 Å². The predicted octanol–water partition coefficient (Wildman–Crippen LogP) is 7.89. The standard InChI is InChI=1S/C39H54O6/c1-23(2)26-16-19-39(34(43)44)21-20-36(5)27(32(26)39)13-14-30-37(36,6)18-17-29-35(3,4)33(42)28(38(29,30)7)22-45-31(41)15-10-24-8-11-25(40)12-9-24/h8-12,15,26-30,32-33,40,42H,1,13-14,16-22H2,2-7H3,(H,43,44)/b15-10+/t26-,27+,28?,29-,30-,32+,33+,36+,37+,38-,39-/m0/s1. The van der Waals surface area contributed by atoms with E-state index in [2.05, 4.69) is 48.1 Å². The van der Waals surface area contributed by atoms with Crippen molar-refractivity contribution in [3.63, 3.8) is 0 Å². The normalized spacial score (nSPS) is 44.8. The molecule has 5 aliphatic rings. The molecule has 45 heavy (non-hydrogen) atoms. The highest BCUT2D eigenvalue weighted by atomic mass is 16.5. The van der Waals surface area contributed by atoms with Crippen molar-refractivity contribution in [2.45, 2.75) is 99.0 Å². The maximum Gasteiger partial charge on any atom is 0.330 e. The van der Waals surface area contributed by atoms with Crippen LogP contribution < -0.4 is 0 Å². The molecule has 1 aromatic rings. The van der Waals surface area contributed by atoms with E-state index >= 15 is 0 Å². The molecule has 0 saturated heterocycles. The number of rotatable bonds is 6. The van der Waals surface area contributed by atoms with Crippen molar-refractivity contribution >= 4 is 18.0 Å². The van der Waals surface area contributed by atoms with E-state index in [1.165, 1.54) is 6.08 Å². The Hall–Kier alpha value is -2.60. The second kappa shape index (κ2) is 10.7. The first kappa shape index (κ1) is 32.3. The Morgan fingerprint density at radius 2 is 1.62 bits per heavy atom. The second-order valence-electron chi connectivity index (χ2n) is 16.9. The number of hydrogen-bond donors (Lipinski definition) is 3. The lowest BCUT2D eigenvalue weighted by atomic mass is 9.34. The maximum absolute atomic E-state index is 13.0. The van der Waals surface area contributed by atoms with E-state index in [0.717, 1.165) is 62.5 Å². The summed E-state index contributed by atoms with van der Waals surface area (Å²) in [6, 6.07) is 6.64. The number of aliphatic hydroxyl groups is 1. The van der Waals surface area contributed by atoms with E-state index in [9.17, 15) is 24.9 Å². The molecule has 5 saturated carbocycles. The van der Waals surface area contributed by atoms with Crippen molar-refractivity contribution in [3.05, 3.63) is 48.1 Å². The van der Waals surface area contributed by atoms with Crippen LogP contribution in [0.5, 0.6) is 5.75 Å². The quantitative estimate of drug-likeness (QED) is 0.170. The van der Waals surface area contributed by atoms with Crippen LogP contribution in [0.15, 0.2) is 42.5 Å². The average Bonchev–Trinajstić information content (AvgIpc) is 3.44. The van der Waals surface area contributed by atoms with Crippen molar-refractivity contribution in [1.29, 1.82) is 0 Å². The third-order valence-electron chi connectivity index (χ3n) is 15.2. The molecule has 5 aliphatic carbocycles. The molecule has 0 spiro atoms. The second-order valence-corrected chi connectivity index (χ2v) is 16.9. The van der Waals surface area contributed by atoms with Crippen molar-refractivity contribution in [3.8, 4) is 5.75 Å². The first-order chi connectivity index (χ1) is 21.0. The molecule has 0 aliphatic heterocycles. The Kier molecular flexibility index (Phi) is 7.70. The van der Waals surface area contributed by atoms with E-state index in [4.69, 9.17) is 4.74 Å². The summed E-state index contributed by atoms with van der Waals surface area (Å²) in [4.78, 5) is 25.9. The smallest absolute Gasteiger partial charge is 0.330 e. The van der Waals surface area contributed by atoms with Crippen LogP contribution in [0.1, 0.15) is 98.5 Å². The average molecular weight is 619 g/mol. The summed E-state index contributed by atoms with van der Waals surface area (Å²) in [6.45, 7) is 18.4. The van der Waals surface area contributed by atoms with Gasteiger partial charge in [0.15, 0.2) is 0 Å². The van der Waals surface area contributed by atoms with Crippen molar-refractivity contribution < 1.29 is 29.6 Å². The number of phenols is 1. The van der Waals surface area contributed by atoms with Gasteiger partial charge in [-0.1, -0.05) is 58.9 Å². The van der Waals surface area contributed by atoms with Crippen LogP contribution in [0.3, 0.4) is 0 Å².